The Kier molecular flexibility index (Phi) is 1.84. The van der Waals surface area contributed by atoms with E-state index in [1.807, 2.05) is 4.72 Å². The Balaban J connectivity index is 2.65. The van der Waals surface area contributed by atoms with Crippen molar-refractivity contribution in [3.63, 3.8) is 0 Å². The lowest BCUT2D eigenvalue weighted by Gasteiger charge is -2.08. The van der Waals surface area contributed by atoms with Crippen LogP contribution in [-0.4, -0.2) is 45.8 Å². The number of hydrogen-bond donors (Lipinski definition) is 2. The van der Waals surface area contributed by atoms with Crippen LogP contribution in [0.4, 0.5) is 0 Å². The van der Waals surface area contributed by atoms with Gasteiger partial charge in [0.25, 0.3) is 0 Å². The lowest BCUT2D eigenvalue weighted by atomic mass is 10.1. The van der Waals surface area contributed by atoms with Crippen LogP contribution in [0.2, 0.25) is 0 Å². The standard InChI is InChI=1S/C14H21N3O2S/c1-15-20(18,19)10-11-4-5-14-13(8-11)12(9-16-14)6-7-17(2)3/h4-5,8-9,15-16H,6-7,10H2,1-3H3/i2D3,3D3,7D2,9D,10D2. The molecule has 1 aromatic heterocycles. The zero-order valence-corrected chi connectivity index (χ0v) is 11.4. The van der Waals surface area contributed by atoms with E-state index in [1.54, 1.807) is 0 Å². The summed E-state index contributed by atoms with van der Waals surface area (Å²) in [6, 6.07) is 3.60. The minimum atomic E-state index is -4.42. The second-order valence-electron chi connectivity index (χ2n) is 3.97. The van der Waals surface area contributed by atoms with Crippen LogP contribution < -0.4 is 4.72 Å². The molecule has 2 aromatic rings. The number of aromatic nitrogens is 1. The maximum Gasteiger partial charge on any atom is 0.215 e. The molecule has 1 aromatic carbocycles. The van der Waals surface area contributed by atoms with Gasteiger partial charge in [0.1, 0.15) is 0 Å². The smallest absolute Gasteiger partial charge is 0.215 e. The number of nitrogens with one attached hydrogen (secondary N) is 2. The fraction of sp³-hybridized carbons (Fsp3) is 0.429. The summed E-state index contributed by atoms with van der Waals surface area (Å²) >= 11 is 0. The third kappa shape index (κ3) is 3.59. The van der Waals surface area contributed by atoms with Gasteiger partial charge in [0.05, 0.1) is 7.08 Å². The number of rotatable bonds is 6. The minimum Gasteiger partial charge on any atom is -0.361 e. The van der Waals surface area contributed by atoms with Crippen LogP contribution in [0.15, 0.2) is 24.4 Å². The maximum atomic E-state index is 12.1. The molecule has 1 heterocycles. The third-order valence-corrected chi connectivity index (χ3v) is 3.67. The van der Waals surface area contributed by atoms with Crippen LogP contribution >= 0.6 is 0 Å². The van der Waals surface area contributed by atoms with Gasteiger partial charge in [-0.1, -0.05) is 6.07 Å². The SMILES string of the molecule is [2H]c1[nH]c2ccc(C([2H])([2H])S(=O)(=O)NC)cc2c1CC([2H])([2H])N(C([2H])([2H])[2H])C([2H])([2H])[2H]. The quantitative estimate of drug-likeness (QED) is 0.846. The van der Waals surface area contributed by atoms with E-state index in [4.69, 9.17) is 15.1 Å². The molecule has 20 heavy (non-hydrogen) atoms. The number of nitrogens with zero attached hydrogens (tertiary/aromatic N) is 1. The number of aryl methyl sites for hydroxylation is 1. The van der Waals surface area contributed by atoms with Gasteiger partial charge in [-0.2, -0.15) is 0 Å². The number of hydrogen-bond acceptors (Lipinski definition) is 3. The van der Waals surface area contributed by atoms with E-state index in [0.717, 1.165) is 13.1 Å². The van der Waals surface area contributed by atoms with E-state index in [-0.39, 0.29) is 33.1 Å². The molecule has 0 fully saturated rings. The molecule has 0 radical (unpaired) electrons. The summed E-state index contributed by atoms with van der Waals surface area (Å²) in [5, 5.41) is 0.0672. The Labute approximate surface area is 135 Å². The lowest BCUT2D eigenvalue weighted by Crippen LogP contribution is -2.20. The van der Waals surface area contributed by atoms with Gasteiger partial charge in [0.2, 0.25) is 10.0 Å². The molecule has 5 nitrogen and oxygen atoms in total. The molecule has 0 aliphatic heterocycles. The molecule has 0 spiro atoms. The van der Waals surface area contributed by atoms with Crippen LogP contribution in [0, 0.1) is 0 Å². The van der Waals surface area contributed by atoms with E-state index >= 15 is 0 Å². The summed E-state index contributed by atoms with van der Waals surface area (Å²) in [6.07, 6.45) is -1.18. The number of fused-ring (bicyclic) bond motifs is 1. The van der Waals surface area contributed by atoms with E-state index in [2.05, 4.69) is 4.98 Å². The maximum absolute atomic E-state index is 12.1. The van der Waals surface area contributed by atoms with Crippen molar-refractivity contribution in [3.8, 4) is 0 Å². The summed E-state index contributed by atoms with van der Waals surface area (Å²) in [7, 11) is -3.37. The van der Waals surface area contributed by atoms with Crippen LogP contribution in [0.3, 0.4) is 0 Å². The molecule has 0 amide bonds. The summed E-state index contributed by atoms with van der Waals surface area (Å²) in [4.78, 5) is 2.37. The van der Waals surface area contributed by atoms with Crippen molar-refractivity contribution in [2.24, 2.45) is 0 Å². The van der Waals surface area contributed by atoms with Crippen LogP contribution in [0.1, 0.15) is 26.2 Å². The first-order valence-corrected chi connectivity index (χ1v) is 7.09. The highest BCUT2D eigenvalue weighted by atomic mass is 32.2. The molecule has 0 aliphatic carbocycles. The van der Waals surface area contributed by atoms with Crippen molar-refractivity contribution in [2.75, 3.05) is 27.5 Å². The molecule has 0 saturated heterocycles. The van der Waals surface area contributed by atoms with Crippen molar-refractivity contribution in [1.82, 2.24) is 14.6 Å². The zero-order valence-electron chi connectivity index (χ0n) is 21.6. The number of likely N-dealkylation sites (N-methyl/N-ethyl adjacent to an activating group) is 1. The van der Waals surface area contributed by atoms with Gasteiger partial charge in [-0.15, -0.1) is 0 Å². The van der Waals surface area contributed by atoms with Gasteiger partial charge in [0.15, 0.2) is 0 Å². The van der Waals surface area contributed by atoms with Crippen LogP contribution in [0.5, 0.6) is 0 Å². The van der Waals surface area contributed by atoms with E-state index in [9.17, 15) is 8.42 Å². The van der Waals surface area contributed by atoms with Crippen molar-refractivity contribution in [3.05, 3.63) is 35.5 Å². The normalized spacial score (nSPS) is 23.2. The predicted octanol–water partition coefficient (Wildman–Crippen LogP) is 1.32. The minimum absolute atomic E-state index is 0.0672. The van der Waals surface area contributed by atoms with Gasteiger partial charge in [-0.3, -0.25) is 0 Å². The number of H-pyrrole nitrogens is 1. The van der Waals surface area contributed by atoms with Crippen LogP contribution in [0.25, 0.3) is 10.9 Å². The monoisotopic (exact) mass is 306 g/mol. The highest BCUT2D eigenvalue weighted by Gasteiger charge is 2.11. The van der Waals surface area contributed by atoms with Crippen LogP contribution in [-0.2, 0) is 22.1 Å². The molecule has 0 unspecified atom stereocenters. The molecule has 0 saturated carbocycles. The van der Waals surface area contributed by atoms with E-state index in [0.29, 0.717) is 0 Å². The van der Waals surface area contributed by atoms with Gasteiger partial charge >= 0.3 is 0 Å². The summed E-state index contributed by atoms with van der Waals surface area (Å²) in [5.41, 5.74) is -3.06. The predicted molar refractivity (Wildman–Crippen MR) is 82.2 cm³/mol. The molecule has 0 atom stereocenters. The summed E-state index contributed by atoms with van der Waals surface area (Å²) in [5.74, 6) is 0. The first-order valence-electron chi connectivity index (χ1n) is 11.1. The Hall–Kier alpha value is -1.37. The molecule has 6 heteroatoms. The van der Waals surface area contributed by atoms with Gasteiger partial charge in [-0.25, -0.2) is 13.1 Å². The topological polar surface area (TPSA) is 65.2 Å². The van der Waals surface area contributed by atoms with Gasteiger partial charge < -0.3 is 9.88 Å². The summed E-state index contributed by atoms with van der Waals surface area (Å²) in [6.45, 7) is -9.58. The highest BCUT2D eigenvalue weighted by molar-refractivity contribution is 7.88. The van der Waals surface area contributed by atoms with Crippen molar-refractivity contribution < 1.29 is 23.5 Å². The Morgan fingerprint density at radius 3 is 3.00 bits per heavy atom. The van der Waals surface area contributed by atoms with Crippen molar-refractivity contribution >= 4 is 20.9 Å². The Bertz CT molecular complexity index is 1060. The van der Waals surface area contributed by atoms with Crippen molar-refractivity contribution in [2.45, 2.75) is 12.1 Å². The number of sulfonamides is 1. The average Bonchev–Trinajstić information content (AvgIpc) is 2.85. The summed E-state index contributed by atoms with van der Waals surface area (Å²) < 4.78 is 111. The average molecular weight is 306 g/mol. The largest absolute Gasteiger partial charge is 0.361 e. The molecular formula is C14H21N3O2S. The Morgan fingerprint density at radius 2 is 2.30 bits per heavy atom. The van der Waals surface area contributed by atoms with Gasteiger partial charge in [-0.05, 0) is 50.7 Å². The fourth-order valence-corrected chi connectivity index (χ4v) is 2.22. The third-order valence-electron chi connectivity index (χ3n) is 2.63. The number of benzene rings is 1. The lowest BCUT2D eigenvalue weighted by molar-refractivity contribution is 0.414. The second kappa shape index (κ2) is 5.95. The van der Waals surface area contributed by atoms with Crippen molar-refractivity contribution in [1.29, 1.82) is 0 Å². The Morgan fingerprint density at radius 1 is 1.50 bits per heavy atom. The number of aromatic amines is 1. The van der Waals surface area contributed by atoms with E-state index < -0.39 is 42.6 Å². The molecule has 2 N–H and O–H groups in total. The first-order chi connectivity index (χ1) is 13.8. The van der Waals surface area contributed by atoms with E-state index in [1.165, 1.54) is 12.1 Å². The second-order valence-corrected chi connectivity index (χ2v) is 5.59. The molecule has 110 valence electrons. The molecule has 0 aliphatic rings. The fourth-order valence-electron chi connectivity index (χ4n) is 1.68. The highest BCUT2D eigenvalue weighted by Crippen LogP contribution is 2.21. The zero-order chi connectivity index (χ0) is 24.2. The molecule has 0 bridgehead atoms. The first kappa shape index (κ1) is 6.17. The molecule has 2 rings (SSSR count). The molecular weight excluding hydrogens is 274 g/mol. The van der Waals surface area contributed by atoms with Gasteiger partial charge in [0, 0.05) is 37.3 Å².